The second kappa shape index (κ2) is 6.94. The van der Waals surface area contributed by atoms with Gasteiger partial charge >= 0.3 is 6.18 Å². The zero-order valence-corrected chi connectivity index (χ0v) is 15.2. The molecule has 3 aromatic rings. The minimum atomic E-state index is -4.66. The smallest absolute Gasteiger partial charge is 0.358 e. The maximum atomic E-state index is 14.1. The van der Waals surface area contributed by atoms with Gasteiger partial charge in [-0.05, 0) is 6.92 Å². The summed E-state index contributed by atoms with van der Waals surface area (Å²) in [5, 5.41) is 3.10. The third-order valence-corrected chi connectivity index (χ3v) is 4.84. The Balaban J connectivity index is 2.14. The third-order valence-electron chi connectivity index (χ3n) is 4.84. The molecule has 0 atom stereocenters. The molecule has 2 N–H and O–H groups in total. The first-order valence-electron chi connectivity index (χ1n) is 9.02. The van der Waals surface area contributed by atoms with Crippen LogP contribution in [0, 0.1) is 6.92 Å². The lowest BCUT2D eigenvalue weighted by Gasteiger charge is -2.31. The highest BCUT2D eigenvalue weighted by atomic mass is 19.4. The SMILES string of the molecule is Cc1cc(=O)c2c(-c3ccccc3)nc(N3CCNCC3)c(C(F)(F)F)c2[nH]1. The van der Waals surface area contributed by atoms with Crippen LogP contribution in [0.2, 0.25) is 0 Å². The van der Waals surface area contributed by atoms with Crippen LogP contribution in [0.4, 0.5) is 19.0 Å². The van der Waals surface area contributed by atoms with E-state index in [1.807, 2.05) is 0 Å². The number of nitrogens with one attached hydrogen (secondary N) is 2. The van der Waals surface area contributed by atoms with E-state index in [1.54, 1.807) is 42.2 Å². The van der Waals surface area contributed by atoms with E-state index in [0.717, 1.165) is 0 Å². The molecule has 1 aliphatic rings. The van der Waals surface area contributed by atoms with Gasteiger partial charge in [0.05, 0.1) is 16.6 Å². The number of fused-ring (bicyclic) bond motifs is 1. The summed E-state index contributed by atoms with van der Waals surface area (Å²) in [6, 6.07) is 10.1. The number of benzene rings is 1. The van der Waals surface area contributed by atoms with Crippen molar-refractivity contribution < 1.29 is 13.2 Å². The van der Waals surface area contributed by atoms with Gasteiger partial charge in [0.1, 0.15) is 11.4 Å². The van der Waals surface area contributed by atoms with Crippen molar-refractivity contribution in [2.45, 2.75) is 13.1 Å². The normalized spacial score (nSPS) is 15.2. The van der Waals surface area contributed by atoms with Gasteiger partial charge < -0.3 is 15.2 Å². The largest absolute Gasteiger partial charge is 0.421 e. The number of aromatic nitrogens is 2. The third kappa shape index (κ3) is 3.24. The monoisotopic (exact) mass is 388 g/mol. The molecule has 3 heterocycles. The summed E-state index contributed by atoms with van der Waals surface area (Å²) in [5.74, 6) is -0.137. The standard InChI is InChI=1S/C20H19F3N4O/c1-12-11-14(28)15-17(13-5-3-2-4-6-13)26-19(27-9-7-24-8-10-27)16(18(15)25-12)20(21,22)23/h2-6,11,24H,7-10H2,1H3,(H,25,28). The van der Waals surface area contributed by atoms with Crippen LogP contribution >= 0.6 is 0 Å². The van der Waals surface area contributed by atoms with E-state index in [9.17, 15) is 18.0 Å². The fourth-order valence-corrected chi connectivity index (χ4v) is 3.62. The minimum Gasteiger partial charge on any atom is -0.358 e. The van der Waals surface area contributed by atoms with Gasteiger partial charge in [0.15, 0.2) is 5.43 Å². The van der Waals surface area contributed by atoms with Gasteiger partial charge in [0.2, 0.25) is 0 Å². The van der Waals surface area contributed by atoms with Gasteiger partial charge in [0, 0.05) is 43.5 Å². The molecule has 1 aromatic carbocycles. The summed E-state index contributed by atoms with van der Waals surface area (Å²) in [7, 11) is 0. The molecular formula is C20H19F3N4O. The number of alkyl halides is 3. The summed E-state index contributed by atoms with van der Waals surface area (Å²) in [6.07, 6.45) is -4.66. The Hall–Kier alpha value is -2.87. The van der Waals surface area contributed by atoms with E-state index >= 15 is 0 Å². The van der Waals surface area contributed by atoms with Gasteiger partial charge in [-0.2, -0.15) is 13.2 Å². The van der Waals surface area contributed by atoms with Crippen LogP contribution < -0.4 is 15.6 Å². The molecule has 1 saturated heterocycles. The molecule has 1 aliphatic heterocycles. The Morgan fingerprint density at radius 1 is 1.11 bits per heavy atom. The first-order chi connectivity index (χ1) is 13.4. The molecular weight excluding hydrogens is 369 g/mol. The van der Waals surface area contributed by atoms with Gasteiger partial charge in [-0.1, -0.05) is 30.3 Å². The Kier molecular flexibility index (Phi) is 4.58. The Labute approximate surface area is 159 Å². The van der Waals surface area contributed by atoms with Crippen LogP contribution in [0.25, 0.3) is 22.2 Å². The highest BCUT2D eigenvalue weighted by Gasteiger charge is 2.40. The van der Waals surface area contributed by atoms with Crippen LogP contribution in [0.3, 0.4) is 0 Å². The molecule has 0 amide bonds. The molecule has 0 saturated carbocycles. The quantitative estimate of drug-likeness (QED) is 0.707. The molecule has 0 bridgehead atoms. The molecule has 0 radical (unpaired) electrons. The molecule has 4 rings (SSSR count). The van der Waals surface area contributed by atoms with Crippen molar-refractivity contribution >= 4 is 16.7 Å². The summed E-state index contributed by atoms with van der Waals surface area (Å²) >= 11 is 0. The zero-order chi connectivity index (χ0) is 19.9. The van der Waals surface area contributed by atoms with Crippen molar-refractivity contribution in [3.63, 3.8) is 0 Å². The maximum absolute atomic E-state index is 14.1. The van der Waals surface area contributed by atoms with Crippen molar-refractivity contribution in [1.29, 1.82) is 0 Å². The van der Waals surface area contributed by atoms with E-state index in [4.69, 9.17) is 0 Å². The topological polar surface area (TPSA) is 61.0 Å². The zero-order valence-electron chi connectivity index (χ0n) is 15.2. The fraction of sp³-hybridized carbons (Fsp3) is 0.300. The highest BCUT2D eigenvalue weighted by molar-refractivity contribution is 5.97. The molecule has 28 heavy (non-hydrogen) atoms. The number of rotatable bonds is 2. The molecule has 8 heteroatoms. The number of nitrogens with zero attached hydrogens (tertiary/aromatic N) is 2. The fourth-order valence-electron chi connectivity index (χ4n) is 3.62. The second-order valence-electron chi connectivity index (χ2n) is 6.83. The molecule has 146 valence electrons. The number of halogens is 3. The number of hydrogen-bond donors (Lipinski definition) is 2. The average molecular weight is 388 g/mol. The number of H-pyrrole nitrogens is 1. The molecule has 5 nitrogen and oxygen atoms in total. The summed E-state index contributed by atoms with van der Waals surface area (Å²) in [4.78, 5) is 21.5. The van der Waals surface area contributed by atoms with Crippen LogP contribution in [0.5, 0.6) is 0 Å². The summed E-state index contributed by atoms with van der Waals surface area (Å²) in [6.45, 7) is 3.54. The predicted molar refractivity (Wildman–Crippen MR) is 103 cm³/mol. The number of aromatic amines is 1. The number of piperazine rings is 1. The number of aryl methyl sites for hydroxylation is 1. The molecule has 0 aliphatic carbocycles. The van der Waals surface area contributed by atoms with E-state index in [2.05, 4.69) is 15.3 Å². The lowest BCUT2D eigenvalue weighted by atomic mass is 10.0. The minimum absolute atomic E-state index is 0.0389. The van der Waals surface area contributed by atoms with E-state index in [-0.39, 0.29) is 22.4 Å². The van der Waals surface area contributed by atoms with E-state index in [0.29, 0.717) is 37.4 Å². The van der Waals surface area contributed by atoms with Crippen molar-refractivity contribution in [3.8, 4) is 11.3 Å². The Morgan fingerprint density at radius 2 is 1.79 bits per heavy atom. The van der Waals surface area contributed by atoms with Crippen LogP contribution in [-0.4, -0.2) is 36.1 Å². The number of pyridine rings is 2. The van der Waals surface area contributed by atoms with Gasteiger partial charge in [0.25, 0.3) is 0 Å². The number of anilines is 1. The lowest BCUT2D eigenvalue weighted by molar-refractivity contribution is -0.136. The van der Waals surface area contributed by atoms with Crippen LogP contribution in [0.1, 0.15) is 11.3 Å². The van der Waals surface area contributed by atoms with Crippen molar-refractivity contribution in [2.75, 3.05) is 31.1 Å². The van der Waals surface area contributed by atoms with Crippen molar-refractivity contribution in [3.05, 3.63) is 57.9 Å². The van der Waals surface area contributed by atoms with Gasteiger partial charge in [-0.3, -0.25) is 4.79 Å². The highest BCUT2D eigenvalue weighted by Crippen LogP contribution is 2.42. The first-order valence-corrected chi connectivity index (χ1v) is 9.02. The average Bonchev–Trinajstić information content (AvgIpc) is 2.67. The van der Waals surface area contributed by atoms with Crippen molar-refractivity contribution in [1.82, 2.24) is 15.3 Å². The van der Waals surface area contributed by atoms with Crippen LogP contribution in [0.15, 0.2) is 41.2 Å². The van der Waals surface area contributed by atoms with Gasteiger partial charge in [-0.25, -0.2) is 4.98 Å². The molecule has 2 aromatic heterocycles. The number of hydrogen-bond acceptors (Lipinski definition) is 4. The van der Waals surface area contributed by atoms with Gasteiger partial charge in [-0.15, -0.1) is 0 Å². The van der Waals surface area contributed by atoms with E-state index in [1.165, 1.54) is 6.07 Å². The Bertz CT molecular complexity index is 1070. The predicted octanol–water partition coefficient (Wildman–Crippen LogP) is 3.33. The Morgan fingerprint density at radius 3 is 2.43 bits per heavy atom. The van der Waals surface area contributed by atoms with Crippen molar-refractivity contribution in [2.24, 2.45) is 0 Å². The molecule has 0 unspecified atom stereocenters. The second-order valence-corrected chi connectivity index (χ2v) is 6.83. The first kappa shape index (κ1) is 18.5. The summed E-state index contributed by atoms with van der Waals surface area (Å²) < 4.78 is 42.4. The summed E-state index contributed by atoms with van der Waals surface area (Å²) in [5.41, 5.74) is -0.329. The van der Waals surface area contributed by atoms with Crippen LogP contribution in [-0.2, 0) is 6.18 Å². The maximum Gasteiger partial charge on any atom is 0.421 e. The molecule has 1 fully saturated rings. The lowest BCUT2D eigenvalue weighted by Crippen LogP contribution is -2.44. The molecule has 0 spiro atoms. The van der Waals surface area contributed by atoms with E-state index < -0.39 is 17.2 Å².